The van der Waals surface area contributed by atoms with Gasteiger partial charge in [0.25, 0.3) is 0 Å². The Morgan fingerprint density at radius 1 is 1.05 bits per heavy atom. The van der Waals surface area contributed by atoms with Crippen LogP contribution in [0.2, 0.25) is 5.02 Å². The topological polar surface area (TPSA) is 77.2 Å². The Bertz CT molecular complexity index is 773. The molecule has 2 aromatic rings. The summed E-state index contributed by atoms with van der Waals surface area (Å²) in [6, 6.07) is 8.66. The van der Waals surface area contributed by atoms with E-state index in [-0.39, 0.29) is 21.0 Å². The van der Waals surface area contributed by atoms with Crippen LogP contribution in [0.25, 0.3) is 0 Å². The largest absolute Gasteiger partial charge is 0.289 e. The third-order valence-corrected chi connectivity index (χ3v) is 4.00. The molecule has 2 rings (SSSR count). The van der Waals surface area contributed by atoms with Crippen molar-refractivity contribution in [3.8, 4) is 0 Å². The minimum atomic E-state index is -4.02. The Morgan fingerprint density at radius 3 is 2.15 bits per heavy atom. The van der Waals surface area contributed by atoms with Crippen LogP contribution < -0.4 is 5.14 Å². The van der Waals surface area contributed by atoms with Crippen LogP contribution >= 0.6 is 11.6 Å². The second-order valence-electron chi connectivity index (χ2n) is 4.03. The first-order chi connectivity index (χ1) is 9.29. The first-order valence-corrected chi connectivity index (χ1v) is 7.34. The molecule has 2 aromatic carbocycles. The molecule has 0 heterocycles. The van der Waals surface area contributed by atoms with Gasteiger partial charge in [-0.25, -0.2) is 17.9 Å². The van der Waals surface area contributed by atoms with Gasteiger partial charge in [-0.3, -0.25) is 4.79 Å². The van der Waals surface area contributed by atoms with Gasteiger partial charge >= 0.3 is 0 Å². The summed E-state index contributed by atoms with van der Waals surface area (Å²) in [5.74, 6) is -0.922. The quantitative estimate of drug-likeness (QED) is 0.884. The highest BCUT2D eigenvalue weighted by molar-refractivity contribution is 7.89. The zero-order chi connectivity index (χ0) is 14.9. The van der Waals surface area contributed by atoms with Crippen LogP contribution in [-0.2, 0) is 10.0 Å². The summed E-state index contributed by atoms with van der Waals surface area (Å²) in [7, 11) is -4.02. The van der Waals surface area contributed by atoms with Crippen molar-refractivity contribution in [2.75, 3.05) is 0 Å². The van der Waals surface area contributed by atoms with Crippen molar-refractivity contribution in [2.45, 2.75) is 4.90 Å². The van der Waals surface area contributed by atoms with Crippen molar-refractivity contribution >= 4 is 27.4 Å². The zero-order valence-electron chi connectivity index (χ0n) is 10.0. The van der Waals surface area contributed by atoms with Gasteiger partial charge in [-0.05, 0) is 42.5 Å². The average Bonchev–Trinajstić information content (AvgIpc) is 2.38. The number of sulfonamides is 1. The summed E-state index contributed by atoms with van der Waals surface area (Å²) in [5.41, 5.74) is 0.333. The van der Waals surface area contributed by atoms with Crippen LogP contribution in [0.5, 0.6) is 0 Å². The van der Waals surface area contributed by atoms with E-state index < -0.39 is 21.6 Å². The molecule has 0 aliphatic carbocycles. The summed E-state index contributed by atoms with van der Waals surface area (Å²) in [4.78, 5) is 11.8. The molecule has 0 aliphatic rings. The predicted molar refractivity (Wildman–Crippen MR) is 72.7 cm³/mol. The number of halogens is 2. The van der Waals surface area contributed by atoms with Crippen molar-refractivity contribution in [3.63, 3.8) is 0 Å². The second-order valence-corrected chi connectivity index (χ2v) is 5.96. The van der Waals surface area contributed by atoms with Crippen molar-refractivity contribution in [2.24, 2.45) is 5.14 Å². The number of rotatable bonds is 3. The normalized spacial score (nSPS) is 11.3. The third-order valence-electron chi connectivity index (χ3n) is 2.61. The fraction of sp³-hybridized carbons (Fsp3) is 0. The Kier molecular flexibility index (Phi) is 3.89. The SMILES string of the molecule is NS(=O)(=O)c1cc(C(=O)c2ccc(F)cc2)ccc1Cl. The summed E-state index contributed by atoms with van der Waals surface area (Å²) in [6.45, 7) is 0. The van der Waals surface area contributed by atoms with Crippen molar-refractivity contribution in [1.82, 2.24) is 0 Å². The lowest BCUT2D eigenvalue weighted by Gasteiger charge is -2.05. The van der Waals surface area contributed by atoms with E-state index in [9.17, 15) is 17.6 Å². The van der Waals surface area contributed by atoms with Gasteiger partial charge in [0.05, 0.1) is 5.02 Å². The molecule has 0 saturated carbocycles. The van der Waals surface area contributed by atoms with E-state index in [0.717, 1.165) is 18.2 Å². The molecule has 0 amide bonds. The minimum Gasteiger partial charge on any atom is -0.289 e. The molecule has 20 heavy (non-hydrogen) atoms. The fourth-order valence-electron chi connectivity index (χ4n) is 1.63. The van der Waals surface area contributed by atoms with E-state index >= 15 is 0 Å². The molecule has 7 heteroatoms. The molecule has 0 saturated heterocycles. The summed E-state index contributed by atoms with van der Waals surface area (Å²) < 4.78 is 35.5. The van der Waals surface area contributed by atoms with Gasteiger partial charge in [0.2, 0.25) is 10.0 Å². The minimum absolute atomic E-state index is 0.0665. The Morgan fingerprint density at radius 2 is 1.60 bits per heavy atom. The lowest BCUT2D eigenvalue weighted by molar-refractivity contribution is 0.103. The predicted octanol–water partition coefficient (Wildman–Crippen LogP) is 2.36. The number of ketones is 1. The Balaban J connectivity index is 2.49. The van der Waals surface area contributed by atoms with Crippen LogP contribution in [0, 0.1) is 5.82 Å². The highest BCUT2D eigenvalue weighted by atomic mass is 35.5. The van der Waals surface area contributed by atoms with Gasteiger partial charge in [-0.15, -0.1) is 0 Å². The lowest BCUT2D eigenvalue weighted by Crippen LogP contribution is -2.14. The van der Waals surface area contributed by atoms with E-state index in [1.54, 1.807) is 0 Å². The van der Waals surface area contributed by atoms with Crippen LogP contribution in [0.4, 0.5) is 4.39 Å². The highest BCUT2D eigenvalue weighted by Crippen LogP contribution is 2.23. The van der Waals surface area contributed by atoms with Crippen LogP contribution in [0.3, 0.4) is 0 Å². The molecule has 0 aromatic heterocycles. The van der Waals surface area contributed by atoms with E-state index in [1.165, 1.54) is 24.3 Å². The first-order valence-electron chi connectivity index (χ1n) is 5.41. The van der Waals surface area contributed by atoms with E-state index in [0.29, 0.717) is 0 Å². The van der Waals surface area contributed by atoms with Gasteiger partial charge in [0, 0.05) is 11.1 Å². The van der Waals surface area contributed by atoms with Crippen LogP contribution in [0.15, 0.2) is 47.4 Å². The van der Waals surface area contributed by atoms with Gasteiger partial charge in [-0.1, -0.05) is 11.6 Å². The number of benzene rings is 2. The van der Waals surface area contributed by atoms with Crippen LogP contribution in [0.1, 0.15) is 15.9 Å². The van der Waals surface area contributed by atoms with Crippen molar-refractivity contribution < 1.29 is 17.6 Å². The number of primary sulfonamides is 1. The molecule has 4 nitrogen and oxygen atoms in total. The molecule has 2 N–H and O–H groups in total. The molecule has 0 bridgehead atoms. The molecule has 0 spiro atoms. The smallest absolute Gasteiger partial charge is 0.239 e. The number of nitrogens with two attached hydrogens (primary N) is 1. The van der Waals surface area contributed by atoms with Gasteiger partial charge in [-0.2, -0.15) is 0 Å². The fourth-order valence-corrected chi connectivity index (χ4v) is 2.70. The first kappa shape index (κ1) is 14.6. The van der Waals surface area contributed by atoms with E-state index in [4.69, 9.17) is 16.7 Å². The number of hydrogen-bond acceptors (Lipinski definition) is 3. The molecular formula is C13H9ClFNO3S. The van der Waals surface area contributed by atoms with Gasteiger partial charge in [0.15, 0.2) is 5.78 Å². The Hall–Kier alpha value is -1.76. The number of carbonyl (C=O) groups is 1. The summed E-state index contributed by atoms with van der Waals surface area (Å²) in [6.07, 6.45) is 0. The molecule has 0 radical (unpaired) electrons. The number of carbonyl (C=O) groups excluding carboxylic acids is 1. The standard InChI is InChI=1S/C13H9ClFNO3S/c14-11-6-3-9(7-12(11)20(16,18)19)13(17)8-1-4-10(15)5-2-8/h1-7H,(H2,16,18,19). The van der Waals surface area contributed by atoms with E-state index in [1.807, 2.05) is 0 Å². The molecule has 0 aliphatic heterocycles. The zero-order valence-corrected chi connectivity index (χ0v) is 11.6. The molecule has 0 unspecified atom stereocenters. The maximum atomic E-state index is 12.8. The average molecular weight is 314 g/mol. The molecule has 104 valence electrons. The van der Waals surface area contributed by atoms with Crippen molar-refractivity contribution in [3.05, 3.63) is 64.4 Å². The Labute approximate surface area is 120 Å². The summed E-state index contributed by atoms with van der Waals surface area (Å²) in [5, 5.41) is 4.95. The van der Waals surface area contributed by atoms with Gasteiger partial charge in [0.1, 0.15) is 10.7 Å². The van der Waals surface area contributed by atoms with E-state index in [2.05, 4.69) is 0 Å². The van der Waals surface area contributed by atoms with Crippen LogP contribution in [-0.4, -0.2) is 14.2 Å². The van der Waals surface area contributed by atoms with Crippen molar-refractivity contribution in [1.29, 1.82) is 0 Å². The molecule has 0 atom stereocenters. The second kappa shape index (κ2) is 5.32. The molecular weight excluding hydrogens is 305 g/mol. The highest BCUT2D eigenvalue weighted by Gasteiger charge is 2.17. The third kappa shape index (κ3) is 3.04. The van der Waals surface area contributed by atoms with Gasteiger partial charge < -0.3 is 0 Å². The number of hydrogen-bond donors (Lipinski definition) is 1. The maximum absolute atomic E-state index is 12.8. The summed E-state index contributed by atoms with van der Waals surface area (Å²) >= 11 is 5.73. The maximum Gasteiger partial charge on any atom is 0.239 e. The monoisotopic (exact) mass is 313 g/mol. The lowest BCUT2D eigenvalue weighted by atomic mass is 10.0. The molecule has 0 fully saturated rings.